The molecule has 3 N–H and O–H groups in total. The van der Waals surface area contributed by atoms with Gasteiger partial charge in [0.05, 0.1) is 11.8 Å². The Labute approximate surface area is 133 Å². The van der Waals surface area contributed by atoms with E-state index in [1.54, 1.807) is 0 Å². The van der Waals surface area contributed by atoms with Gasteiger partial charge < -0.3 is 15.3 Å². The molecule has 0 radical (unpaired) electrons. The zero-order valence-electron chi connectivity index (χ0n) is 12.8. The van der Waals surface area contributed by atoms with E-state index in [1.807, 2.05) is 55.5 Å². The van der Waals surface area contributed by atoms with Crippen LogP contribution in [0.25, 0.3) is 11.1 Å². The van der Waals surface area contributed by atoms with Crippen LogP contribution in [0, 0.1) is 6.92 Å². The molecule has 23 heavy (non-hydrogen) atoms. The predicted molar refractivity (Wildman–Crippen MR) is 87.3 cm³/mol. The average Bonchev–Trinajstić information content (AvgIpc) is 2.96. The molecule has 5 heteroatoms. The SMILES string of the molecule is Cc1ccc2oc(C(CN)(CC(=O)O)c3ccccc3)nc2c1. The lowest BCUT2D eigenvalue weighted by atomic mass is 9.77. The maximum Gasteiger partial charge on any atom is 0.304 e. The first-order chi connectivity index (χ1) is 11.0. The van der Waals surface area contributed by atoms with Crippen molar-refractivity contribution in [2.45, 2.75) is 18.8 Å². The van der Waals surface area contributed by atoms with E-state index in [0.29, 0.717) is 17.0 Å². The highest BCUT2D eigenvalue weighted by molar-refractivity contribution is 5.75. The van der Waals surface area contributed by atoms with E-state index in [0.717, 1.165) is 11.1 Å². The van der Waals surface area contributed by atoms with E-state index in [1.165, 1.54) is 0 Å². The topological polar surface area (TPSA) is 89.3 Å². The number of fused-ring (bicyclic) bond motifs is 1. The summed E-state index contributed by atoms with van der Waals surface area (Å²) in [7, 11) is 0. The summed E-state index contributed by atoms with van der Waals surface area (Å²) in [5.41, 5.74) is 8.21. The highest BCUT2D eigenvalue weighted by Crippen LogP contribution is 2.36. The number of aromatic nitrogens is 1. The fraction of sp³-hybridized carbons (Fsp3) is 0.222. The van der Waals surface area contributed by atoms with E-state index in [-0.39, 0.29) is 13.0 Å². The molecule has 5 nitrogen and oxygen atoms in total. The van der Waals surface area contributed by atoms with E-state index >= 15 is 0 Å². The van der Waals surface area contributed by atoms with Gasteiger partial charge in [-0.15, -0.1) is 0 Å². The molecule has 3 rings (SSSR count). The van der Waals surface area contributed by atoms with Crippen molar-refractivity contribution in [3.05, 3.63) is 65.5 Å². The number of rotatable bonds is 5. The molecule has 0 spiro atoms. The van der Waals surface area contributed by atoms with Crippen molar-refractivity contribution >= 4 is 17.1 Å². The lowest BCUT2D eigenvalue weighted by Crippen LogP contribution is -2.39. The van der Waals surface area contributed by atoms with E-state index in [4.69, 9.17) is 10.2 Å². The van der Waals surface area contributed by atoms with Crippen LogP contribution < -0.4 is 5.73 Å². The molecule has 2 aromatic carbocycles. The van der Waals surface area contributed by atoms with Crippen LogP contribution in [-0.2, 0) is 10.2 Å². The normalized spacial score (nSPS) is 13.8. The Kier molecular flexibility index (Phi) is 3.88. The van der Waals surface area contributed by atoms with Gasteiger partial charge in [-0.1, -0.05) is 36.4 Å². The lowest BCUT2D eigenvalue weighted by Gasteiger charge is -2.28. The van der Waals surface area contributed by atoms with E-state index in [2.05, 4.69) is 4.98 Å². The number of hydrogen-bond acceptors (Lipinski definition) is 4. The summed E-state index contributed by atoms with van der Waals surface area (Å²) < 4.78 is 5.88. The minimum absolute atomic E-state index is 0.0924. The first-order valence-corrected chi connectivity index (χ1v) is 7.40. The summed E-state index contributed by atoms with van der Waals surface area (Å²) >= 11 is 0. The number of nitrogens with two attached hydrogens (primary N) is 1. The van der Waals surface area contributed by atoms with Crippen molar-refractivity contribution in [1.29, 1.82) is 0 Å². The molecule has 118 valence electrons. The highest BCUT2D eigenvalue weighted by Gasteiger charge is 2.40. The maximum absolute atomic E-state index is 11.5. The molecule has 1 aromatic heterocycles. The second-order valence-electron chi connectivity index (χ2n) is 5.71. The third kappa shape index (κ3) is 2.71. The number of nitrogens with zero attached hydrogens (tertiary/aromatic N) is 1. The summed E-state index contributed by atoms with van der Waals surface area (Å²) in [4.78, 5) is 16.0. The first-order valence-electron chi connectivity index (χ1n) is 7.40. The van der Waals surface area contributed by atoms with Gasteiger partial charge in [0, 0.05) is 6.54 Å². The second kappa shape index (κ2) is 5.85. The molecular weight excluding hydrogens is 292 g/mol. The molecule has 0 saturated carbocycles. The van der Waals surface area contributed by atoms with Crippen LogP contribution in [0.15, 0.2) is 52.9 Å². The Bertz CT molecular complexity index is 842. The van der Waals surface area contributed by atoms with Crippen LogP contribution in [0.1, 0.15) is 23.4 Å². The Hall–Kier alpha value is -2.66. The quantitative estimate of drug-likeness (QED) is 0.756. The summed E-state index contributed by atoms with van der Waals surface area (Å²) in [6, 6.07) is 15.0. The summed E-state index contributed by atoms with van der Waals surface area (Å²) in [5.74, 6) is -0.605. The molecule has 0 aliphatic rings. The smallest absolute Gasteiger partial charge is 0.304 e. The van der Waals surface area contributed by atoms with Gasteiger partial charge in [-0.3, -0.25) is 4.79 Å². The summed E-state index contributed by atoms with van der Waals surface area (Å²) in [6.07, 6.45) is -0.181. The molecule has 0 fully saturated rings. The minimum Gasteiger partial charge on any atom is -0.481 e. The van der Waals surface area contributed by atoms with Crippen LogP contribution >= 0.6 is 0 Å². The molecule has 1 atom stereocenters. The van der Waals surface area contributed by atoms with Crippen molar-refractivity contribution < 1.29 is 14.3 Å². The maximum atomic E-state index is 11.5. The van der Waals surface area contributed by atoms with Gasteiger partial charge in [0.1, 0.15) is 5.52 Å². The monoisotopic (exact) mass is 310 g/mol. The Balaban J connectivity index is 2.22. The molecule has 0 saturated heterocycles. The standard InChI is InChI=1S/C18H18N2O3/c1-12-7-8-15-14(9-12)20-17(23-15)18(11-19,10-16(21)22)13-5-3-2-4-6-13/h2-9H,10-11,19H2,1H3,(H,21,22). The van der Waals surface area contributed by atoms with E-state index < -0.39 is 11.4 Å². The van der Waals surface area contributed by atoms with Crippen LogP contribution in [0.5, 0.6) is 0 Å². The van der Waals surface area contributed by atoms with Gasteiger partial charge in [-0.25, -0.2) is 4.98 Å². The fourth-order valence-electron chi connectivity index (χ4n) is 2.84. The minimum atomic E-state index is -0.986. The van der Waals surface area contributed by atoms with Crippen LogP contribution in [0.3, 0.4) is 0 Å². The van der Waals surface area contributed by atoms with Crippen LogP contribution in [-0.4, -0.2) is 22.6 Å². The van der Waals surface area contributed by atoms with E-state index in [9.17, 15) is 9.90 Å². The number of oxazole rings is 1. The number of carboxylic acid groups (broad SMARTS) is 1. The highest BCUT2D eigenvalue weighted by atomic mass is 16.4. The molecule has 1 heterocycles. The number of benzene rings is 2. The van der Waals surface area contributed by atoms with Crippen molar-refractivity contribution in [1.82, 2.24) is 4.98 Å². The van der Waals surface area contributed by atoms with Crippen molar-refractivity contribution in [2.24, 2.45) is 5.73 Å². The van der Waals surface area contributed by atoms with Gasteiger partial charge in [0.25, 0.3) is 0 Å². The Morgan fingerprint density at radius 2 is 2.00 bits per heavy atom. The number of carboxylic acids is 1. The first kappa shape index (κ1) is 15.2. The Morgan fingerprint density at radius 1 is 1.26 bits per heavy atom. The Morgan fingerprint density at radius 3 is 2.65 bits per heavy atom. The fourth-order valence-corrected chi connectivity index (χ4v) is 2.84. The molecule has 1 unspecified atom stereocenters. The van der Waals surface area contributed by atoms with Gasteiger partial charge in [0.2, 0.25) is 5.89 Å². The zero-order chi connectivity index (χ0) is 16.4. The molecule has 0 bridgehead atoms. The third-order valence-electron chi connectivity index (χ3n) is 4.08. The van der Waals surface area contributed by atoms with Gasteiger partial charge in [-0.2, -0.15) is 0 Å². The van der Waals surface area contributed by atoms with Crippen LogP contribution in [0.2, 0.25) is 0 Å². The lowest BCUT2D eigenvalue weighted by molar-refractivity contribution is -0.138. The van der Waals surface area contributed by atoms with Crippen molar-refractivity contribution in [3.63, 3.8) is 0 Å². The largest absolute Gasteiger partial charge is 0.481 e. The number of aliphatic carboxylic acids is 1. The van der Waals surface area contributed by atoms with Crippen molar-refractivity contribution in [3.8, 4) is 0 Å². The van der Waals surface area contributed by atoms with Gasteiger partial charge in [0.15, 0.2) is 5.58 Å². The number of hydrogen-bond donors (Lipinski definition) is 2. The summed E-state index contributed by atoms with van der Waals surface area (Å²) in [5, 5.41) is 9.40. The molecule has 0 aliphatic heterocycles. The number of carbonyl (C=O) groups is 1. The van der Waals surface area contributed by atoms with Gasteiger partial charge in [-0.05, 0) is 30.2 Å². The third-order valence-corrected chi connectivity index (χ3v) is 4.08. The average molecular weight is 310 g/mol. The van der Waals surface area contributed by atoms with Crippen LogP contribution in [0.4, 0.5) is 0 Å². The predicted octanol–water partition coefficient (Wildman–Crippen LogP) is 2.86. The second-order valence-corrected chi connectivity index (χ2v) is 5.71. The van der Waals surface area contributed by atoms with Gasteiger partial charge >= 0.3 is 5.97 Å². The molecular formula is C18H18N2O3. The number of aryl methyl sites for hydroxylation is 1. The molecule has 0 amide bonds. The summed E-state index contributed by atoms with van der Waals surface area (Å²) in [6.45, 7) is 2.06. The zero-order valence-corrected chi connectivity index (χ0v) is 12.8. The van der Waals surface area contributed by atoms with Crippen molar-refractivity contribution in [2.75, 3.05) is 6.54 Å². The molecule has 0 aliphatic carbocycles. The molecule has 3 aromatic rings.